The van der Waals surface area contributed by atoms with Crippen molar-refractivity contribution in [1.29, 1.82) is 0 Å². The molecule has 0 aliphatic rings. The molecule has 0 amide bonds. The fraction of sp³-hybridized carbons (Fsp3) is 0.222. The highest BCUT2D eigenvalue weighted by atomic mass is 16.6. The predicted octanol–water partition coefficient (Wildman–Crippen LogP) is 1.86. The molecule has 2 rings (SSSR count). The molecule has 0 bridgehead atoms. The maximum atomic E-state index is 10.7. The molecule has 72 valence electrons. The number of pyridine rings is 1. The molecule has 0 saturated heterocycles. The molecule has 0 aromatic carbocycles. The number of aryl methyl sites for hydroxylation is 2. The molecular formula is C9H9N3O2. The summed E-state index contributed by atoms with van der Waals surface area (Å²) in [5.74, 6) is 0. The molecule has 2 aromatic heterocycles. The van der Waals surface area contributed by atoms with Crippen molar-refractivity contribution in [1.82, 2.24) is 9.38 Å². The Morgan fingerprint density at radius 3 is 2.71 bits per heavy atom. The second-order valence-electron chi connectivity index (χ2n) is 3.18. The highest BCUT2D eigenvalue weighted by Gasteiger charge is 2.15. The monoisotopic (exact) mass is 191 g/mol. The molecule has 2 heterocycles. The van der Waals surface area contributed by atoms with Crippen LogP contribution in [0.3, 0.4) is 0 Å². The minimum atomic E-state index is -0.415. The van der Waals surface area contributed by atoms with Crippen LogP contribution < -0.4 is 0 Å². The van der Waals surface area contributed by atoms with Gasteiger partial charge in [0.2, 0.25) is 5.65 Å². The van der Waals surface area contributed by atoms with E-state index in [4.69, 9.17) is 0 Å². The Morgan fingerprint density at radius 2 is 2.07 bits per heavy atom. The molecule has 0 aliphatic heterocycles. The van der Waals surface area contributed by atoms with Gasteiger partial charge in [-0.25, -0.2) is 4.98 Å². The van der Waals surface area contributed by atoms with Crippen molar-refractivity contribution in [3.8, 4) is 0 Å². The van der Waals surface area contributed by atoms with Gasteiger partial charge in [0.1, 0.15) is 0 Å². The summed E-state index contributed by atoms with van der Waals surface area (Å²) in [6.45, 7) is 3.77. The van der Waals surface area contributed by atoms with E-state index in [2.05, 4.69) is 4.98 Å². The molecule has 0 atom stereocenters. The van der Waals surface area contributed by atoms with Gasteiger partial charge in [0.15, 0.2) is 0 Å². The molecule has 0 unspecified atom stereocenters. The fourth-order valence-corrected chi connectivity index (χ4v) is 1.55. The van der Waals surface area contributed by atoms with E-state index in [1.54, 1.807) is 16.7 Å². The van der Waals surface area contributed by atoms with Crippen molar-refractivity contribution < 1.29 is 4.92 Å². The lowest BCUT2D eigenvalue weighted by Gasteiger charge is -2.01. The Labute approximate surface area is 80.2 Å². The molecule has 2 aromatic rings. The summed E-state index contributed by atoms with van der Waals surface area (Å²) in [5, 5.41) is 10.7. The van der Waals surface area contributed by atoms with Crippen molar-refractivity contribution in [3.05, 3.63) is 39.8 Å². The van der Waals surface area contributed by atoms with Crippen LogP contribution in [0.5, 0.6) is 0 Å². The summed E-state index contributed by atoms with van der Waals surface area (Å²) < 4.78 is 1.78. The normalized spacial score (nSPS) is 10.7. The van der Waals surface area contributed by atoms with Crippen LogP contribution in [0.4, 0.5) is 5.69 Å². The van der Waals surface area contributed by atoms with Gasteiger partial charge in [-0.1, -0.05) is 0 Å². The van der Waals surface area contributed by atoms with E-state index in [0.29, 0.717) is 5.65 Å². The third kappa shape index (κ3) is 1.06. The second-order valence-corrected chi connectivity index (χ2v) is 3.18. The molecule has 0 radical (unpaired) electrons. The number of nitro groups is 1. The zero-order valence-electron chi connectivity index (χ0n) is 7.89. The number of hydrogen-bond donors (Lipinski definition) is 0. The molecule has 0 fully saturated rings. The lowest BCUT2D eigenvalue weighted by atomic mass is 10.3. The lowest BCUT2D eigenvalue weighted by Crippen LogP contribution is -1.97. The number of aromatic nitrogens is 2. The molecule has 5 nitrogen and oxygen atoms in total. The van der Waals surface area contributed by atoms with Crippen LogP contribution in [-0.2, 0) is 0 Å². The Hall–Kier alpha value is -1.91. The van der Waals surface area contributed by atoms with Gasteiger partial charge in [-0.15, -0.1) is 0 Å². The van der Waals surface area contributed by atoms with E-state index >= 15 is 0 Å². The fourth-order valence-electron chi connectivity index (χ4n) is 1.55. The minimum absolute atomic E-state index is 0.0451. The first-order valence-electron chi connectivity index (χ1n) is 4.19. The maximum absolute atomic E-state index is 10.7. The predicted molar refractivity (Wildman–Crippen MR) is 51.3 cm³/mol. The van der Waals surface area contributed by atoms with E-state index in [1.807, 2.05) is 13.8 Å². The number of rotatable bonds is 1. The Balaban J connectivity index is 2.90. The van der Waals surface area contributed by atoms with Crippen LogP contribution in [0.2, 0.25) is 0 Å². The van der Waals surface area contributed by atoms with Crippen LogP contribution in [0.15, 0.2) is 18.3 Å². The second kappa shape index (κ2) is 2.80. The first-order valence-corrected chi connectivity index (χ1v) is 4.19. The summed E-state index contributed by atoms with van der Waals surface area (Å²) in [5.41, 5.74) is 2.30. The van der Waals surface area contributed by atoms with Crippen molar-refractivity contribution in [3.63, 3.8) is 0 Å². The number of fused-ring (bicyclic) bond motifs is 1. The van der Waals surface area contributed by atoms with E-state index in [9.17, 15) is 10.1 Å². The van der Waals surface area contributed by atoms with E-state index in [-0.39, 0.29) is 5.69 Å². The third-order valence-corrected chi connectivity index (χ3v) is 2.20. The smallest absolute Gasteiger partial charge is 0.296 e. The third-order valence-electron chi connectivity index (χ3n) is 2.20. The van der Waals surface area contributed by atoms with Gasteiger partial charge in [-0.3, -0.25) is 14.5 Å². The Morgan fingerprint density at radius 1 is 1.36 bits per heavy atom. The standard InChI is InChI=1S/C9H9N3O2/c1-6-3-4-8(12(13)14)9-10-5-7(2)11(6)9/h3-5H,1-2H3. The summed E-state index contributed by atoms with van der Waals surface area (Å²) in [7, 11) is 0. The van der Waals surface area contributed by atoms with Crippen LogP contribution in [0.1, 0.15) is 11.4 Å². The largest absolute Gasteiger partial charge is 0.312 e. The molecular weight excluding hydrogens is 182 g/mol. The number of hydrogen-bond acceptors (Lipinski definition) is 3. The van der Waals surface area contributed by atoms with Gasteiger partial charge in [0.25, 0.3) is 0 Å². The highest BCUT2D eigenvalue weighted by Crippen LogP contribution is 2.20. The van der Waals surface area contributed by atoms with Gasteiger partial charge in [0.05, 0.1) is 4.92 Å². The van der Waals surface area contributed by atoms with Gasteiger partial charge in [0, 0.05) is 23.7 Å². The average molecular weight is 191 g/mol. The van der Waals surface area contributed by atoms with E-state index in [1.165, 1.54) is 6.07 Å². The summed E-state index contributed by atoms with van der Waals surface area (Å²) in [6, 6.07) is 3.21. The van der Waals surface area contributed by atoms with Crippen molar-refractivity contribution in [2.24, 2.45) is 0 Å². The molecule has 5 heteroatoms. The van der Waals surface area contributed by atoms with Crippen molar-refractivity contribution in [2.75, 3.05) is 0 Å². The lowest BCUT2D eigenvalue weighted by molar-refractivity contribution is -0.383. The molecule has 0 saturated carbocycles. The Kier molecular flexibility index (Phi) is 1.73. The van der Waals surface area contributed by atoms with Crippen LogP contribution >= 0.6 is 0 Å². The summed E-state index contributed by atoms with van der Waals surface area (Å²) in [4.78, 5) is 14.3. The van der Waals surface area contributed by atoms with Crippen LogP contribution in [0, 0.1) is 24.0 Å². The van der Waals surface area contributed by atoms with Gasteiger partial charge in [-0.05, 0) is 19.9 Å². The van der Waals surface area contributed by atoms with Gasteiger partial charge in [-0.2, -0.15) is 0 Å². The van der Waals surface area contributed by atoms with Gasteiger partial charge < -0.3 is 0 Å². The number of imidazole rings is 1. The van der Waals surface area contributed by atoms with Crippen molar-refractivity contribution in [2.45, 2.75) is 13.8 Å². The molecule has 14 heavy (non-hydrogen) atoms. The minimum Gasteiger partial charge on any atom is -0.296 e. The molecule has 0 spiro atoms. The van der Waals surface area contributed by atoms with E-state index < -0.39 is 4.92 Å². The summed E-state index contributed by atoms with van der Waals surface area (Å²) in [6.07, 6.45) is 1.63. The first-order chi connectivity index (χ1) is 6.61. The van der Waals surface area contributed by atoms with Crippen LogP contribution in [-0.4, -0.2) is 14.3 Å². The molecule has 0 aliphatic carbocycles. The molecule has 0 N–H and O–H groups in total. The number of nitrogens with zero attached hydrogens (tertiary/aromatic N) is 3. The maximum Gasteiger partial charge on any atom is 0.312 e. The average Bonchev–Trinajstić information content (AvgIpc) is 2.49. The van der Waals surface area contributed by atoms with E-state index in [0.717, 1.165) is 11.4 Å². The first kappa shape index (κ1) is 8.68. The highest BCUT2D eigenvalue weighted by molar-refractivity contribution is 5.60. The SMILES string of the molecule is Cc1ccc([N+](=O)[O-])c2ncc(C)n12. The zero-order chi connectivity index (χ0) is 10.3. The summed E-state index contributed by atoms with van der Waals surface area (Å²) >= 11 is 0. The van der Waals surface area contributed by atoms with Gasteiger partial charge >= 0.3 is 5.69 Å². The quantitative estimate of drug-likeness (QED) is 0.510. The van der Waals surface area contributed by atoms with Crippen molar-refractivity contribution >= 4 is 11.3 Å². The Bertz CT molecular complexity index is 516. The zero-order valence-corrected chi connectivity index (χ0v) is 7.89. The van der Waals surface area contributed by atoms with Crippen LogP contribution in [0.25, 0.3) is 5.65 Å². The topological polar surface area (TPSA) is 60.4 Å².